The Kier molecular flexibility index (Phi) is 4.02. The van der Waals surface area contributed by atoms with Gasteiger partial charge in [-0.3, -0.25) is 0 Å². The van der Waals surface area contributed by atoms with Crippen molar-refractivity contribution in [1.29, 1.82) is 0 Å². The van der Waals surface area contributed by atoms with Crippen LogP contribution in [0.1, 0.15) is 15.9 Å². The topological polar surface area (TPSA) is 68.0 Å². The number of hydrogen-bond acceptors (Lipinski definition) is 3. The fourth-order valence-electron chi connectivity index (χ4n) is 1.36. The van der Waals surface area contributed by atoms with Gasteiger partial charge in [-0.05, 0) is 11.6 Å². The summed E-state index contributed by atoms with van der Waals surface area (Å²) in [6.07, 6.45) is 3.25. The van der Waals surface area contributed by atoms with Crippen LogP contribution in [0.5, 0.6) is 0 Å². The molecular weight excluding hydrogens is 230 g/mol. The van der Waals surface area contributed by atoms with E-state index in [4.69, 9.17) is 5.11 Å². The van der Waals surface area contributed by atoms with Crippen molar-refractivity contribution in [3.05, 3.63) is 47.8 Å². The fraction of sp³-hybridized carbons (Fsp3) is 0.100. The summed E-state index contributed by atoms with van der Waals surface area (Å²) in [6.45, 7) is 0.419. The lowest BCUT2D eigenvalue weighted by Gasteiger charge is -2.04. The minimum Gasteiger partial charge on any atom is -0.478 e. The number of aromatic nitrogens is 3. The molecule has 1 aromatic carbocycles. The molecule has 0 saturated carbocycles. The lowest BCUT2D eigenvalue weighted by atomic mass is 10.1. The first-order valence-corrected chi connectivity index (χ1v) is 4.42. The molecule has 0 atom stereocenters. The lowest BCUT2D eigenvalue weighted by Crippen LogP contribution is -2.07. The summed E-state index contributed by atoms with van der Waals surface area (Å²) in [5.74, 6) is -0.925. The molecule has 0 amide bonds. The molecule has 1 aromatic heterocycles. The molecule has 0 unspecified atom stereocenters. The summed E-state index contributed by atoms with van der Waals surface area (Å²) in [5, 5.41) is 16.4. The maximum absolute atomic E-state index is 10.9. The normalized spacial score (nSPS) is 9.50. The third-order valence-corrected chi connectivity index (χ3v) is 2.05. The van der Waals surface area contributed by atoms with Gasteiger partial charge in [0.05, 0.1) is 18.3 Å². The molecule has 1 heterocycles. The molecule has 84 valence electrons. The van der Waals surface area contributed by atoms with Crippen molar-refractivity contribution in [1.82, 2.24) is 15.0 Å². The highest BCUT2D eigenvalue weighted by Gasteiger charge is 2.08. The summed E-state index contributed by atoms with van der Waals surface area (Å²) in [5.41, 5.74) is 1.02. The predicted octanol–water partition coefficient (Wildman–Crippen LogP) is 1.45. The molecule has 0 radical (unpaired) electrons. The highest BCUT2D eigenvalue weighted by molar-refractivity contribution is 5.89. The average molecular weight is 240 g/mol. The molecule has 0 spiro atoms. The predicted molar refractivity (Wildman–Crippen MR) is 59.8 cm³/mol. The lowest BCUT2D eigenvalue weighted by molar-refractivity contribution is 0.0695. The minimum absolute atomic E-state index is 0. The Morgan fingerprint density at radius 2 is 2.12 bits per heavy atom. The smallest absolute Gasteiger partial charge is 0.336 e. The van der Waals surface area contributed by atoms with Gasteiger partial charge < -0.3 is 5.11 Å². The van der Waals surface area contributed by atoms with Gasteiger partial charge in [-0.25, -0.2) is 9.48 Å². The first-order valence-electron chi connectivity index (χ1n) is 4.42. The van der Waals surface area contributed by atoms with Crippen LogP contribution in [0.4, 0.5) is 0 Å². The molecular formula is C10H10ClN3O2. The van der Waals surface area contributed by atoms with Gasteiger partial charge in [0, 0.05) is 6.20 Å². The molecule has 0 aliphatic carbocycles. The van der Waals surface area contributed by atoms with Crippen molar-refractivity contribution in [3.8, 4) is 0 Å². The van der Waals surface area contributed by atoms with Crippen LogP contribution in [0, 0.1) is 0 Å². The second-order valence-corrected chi connectivity index (χ2v) is 3.06. The van der Waals surface area contributed by atoms with Crippen LogP contribution in [-0.4, -0.2) is 26.1 Å². The highest BCUT2D eigenvalue weighted by atomic mass is 35.5. The zero-order valence-electron chi connectivity index (χ0n) is 8.28. The molecule has 16 heavy (non-hydrogen) atoms. The molecule has 5 nitrogen and oxygen atoms in total. The summed E-state index contributed by atoms with van der Waals surface area (Å²) in [4.78, 5) is 10.9. The van der Waals surface area contributed by atoms with Crippen molar-refractivity contribution in [3.63, 3.8) is 0 Å². The molecule has 1 N–H and O–H groups in total. The second-order valence-electron chi connectivity index (χ2n) is 3.06. The van der Waals surface area contributed by atoms with Crippen LogP contribution < -0.4 is 0 Å². The van der Waals surface area contributed by atoms with Gasteiger partial charge in [-0.1, -0.05) is 23.4 Å². The standard InChI is InChI=1S/C10H9N3O2.ClH/c14-10(15)9-4-2-1-3-8(9)7-13-6-5-11-12-13;/h1-6H,7H2,(H,14,15);1H. The SMILES string of the molecule is Cl.O=C(O)c1ccccc1Cn1ccnn1. The van der Waals surface area contributed by atoms with Gasteiger partial charge in [-0.2, -0.15) is 0 Å². The maximum atomic E-state index is 10.9. The first kappa shape index (κ1) is 12.2. The third-order valence-electron chi connectivity index (χ3n) is 2.05. The van der Waals surface area contributed by atoms with Gasteiger partial charge in [-0.15, -0.1) is 17.5 Å². The number of rotatable bonds is 3. The van der Waals surface area contributed by atoms with Crippen molar-refractivity contribution in [2.24, 2.45) is 0 Å². The summed E-state index contributed by atoms with van der Waals surface area (Å²) >= 11 is 0. The third kappa shape index (κ3) is 2.58. The van der Waals surface area contributed by atoms with Crippen LogP contribution >= 0.6 is 12.4 Å². The maximum Gasteiger partial charge on any atom is 0.336 e. The monoisotopic (exact) mass is 239 g/mol. The zero-order chi connectivity index (χ0) is 10.7. The largest absolute Gasteiger partial charge is 0.478 e. The number of carbonyl (C=O) groups is 1. The Balaban J connectivity index is 0.00000128. The van der Waals surface area contributed by atoms with E-state index >= 15 is 0 Å². The summed E-state index contributed by atoms with van der Waals surface area (Å²) in [6, 6.07) is 6.85. The van der Waals surface area contributed by atoms with Gasteiger partial charge in [0.1, 0.15) is 0 Å². The van der Waals surface area contributed by atoms with Crippen LogP contribution in [0.3, 0.4) is 0 Å². The van der Waals surface area contributed by atoms with Gasteiger partial charge >= 0.3 is 5.97 Å². The van der Waals surface area contributed by atoms with Crippen molar-refractivity contribution in [2.45, 2.75) is 6.54 Å². The van der Waals surface area contributed by atoms with E-state index in [2.05, 4.69) is 10.3 Å². The molecule has 0 saturated heterocycles. The number of aromatic carboxylic acids is 1. The van der Waals surface area contributed by atoms with Crippen LogP contribution in [0.2, 0.25) is 0 Å². The fourth-order valence-corrected chi connectivity index (χ4v) is 1.36. The zero-order valence-corrected chi connectivity index (χ0v) is 9.09. The van der Waals surface area contributed by atoms with Crippen molar-refractivity contribution >= 4 is 18.4 Å². The van der Waals surface area contributed by atoms with E-state index in [1.54, 1.807) is 41.3 Å². The van der Waals surface area contributed by atoms with Crippen molar-refractivity contribution < 1.29 is 9.90 Å². The van der Waals surface area contributed by atoms with Gasteiger partial charge in [0.25, 0.3) is 0 Å². The number of carboxylic acid groups (broad SMARTS) is 1. The molecule has 0 aliphatic heterocycles. The minimum atomic E-state index is -0.925. The average Bonchev–Trinajstić information content (AvgIpc) is 2.71. The van der Waals surface area contributed by atoms with Crippen molar-refractivity contribution in [2.75, 3.05) is 0 Å². The van der Waals surface area contributed by atoms with E-state index < -0.39 is 5.97 Å². The molecule has 0 fully saturated rings. The Labute approximate surface area is 98.1 Å². The number of nitrogens with zero attached hydrogens (tertiary/aromatic N) is 3. The Morgan fingerprint density at radius 3 is 2.75 bits per heavy atom. The second kappa shape index (κ2) is 5.27. The Bertz CT molecular complexity index is 471. The molecule has 0 bridgehead atoms. The Morgan fingerprint density at radius 1 is 1.38 bits per heavy atom. The van der Waals surface area contributed by atoms with Crippen LogP contribution in [0.25, 0.3) is 0 Å². The number of halogens is 1. The number of benzene rings is 1. The quantitative estimate of drug-likeness (QED) is 0.880. The van der Waals surface area contributed by atoms with Gasteiger partial charge in [0.2, 0.25) is 0 Å². The molecule has 6 heteroatoms. The van der Waals surface area contributed by atoms with E-state index in [1.165, 1.54) is 0 Å². The van der Waals surface area contributed by atoms with E-state index in [0.29, 0.717) is 12.1 Å². The number of hydrogen-bond donors (Lipinski definition) is 1. The Hall–Kier alpha value is -1.88. The van der Waals surface area contributed by atoms with Gasteiger partial charge in [0.15, 0.2) is 0 Å². The van der Waals surface area contributed by atoms with E-state index in [9.17, 15) is 4.79 Å². The van der Waals surface area contributed by atoms with Crippen LogP contribution in [0.15, 0.2) is 36.7 Å². The molecule has 2 rings (SSSR count). The van der Waals surface area contributed by atoms with Crippen LogP contribution in [-0.2, 0) is 6.54 Å². The van der Waals surface area contributed by atoms with E-state index in [1.807, 2.05) is 0 Å². The molecule has 2 aromatic rings. The summed E-state index contributed by atoms with van der Waals surface area (Å²) < 4.78 is 1.59. The summed E-state index contributed by atoms with van der Waals surface area (Å²) in [7, 11) is 0. The molecule has 0 aliphatic rings. The number of carboxylic acids is 1. The van der Waals surface area contributed by atoms with E-state index in [-0.39, 0.29) is 12.4 Å². The highest BCUT2D eigenvalue weighted by Crippen LogP contribution is 2.09. The van der Waals surface area contributed by atoms with E-state index in [0.717, 1.165) is 5.56 Å². The first-order chi connectivity index (χ1) is 7.27.